The Morgan fingerprint density at radius 1 is 1.12 bits per heavy atom. The van der Waals surface area contributed by atoms with Crippen molar-refractivity contribution in [1.82, 2.24) is 4.98 Å². The van der Waals surface area contributed by atoms with E-state index in [-0.39, 0.29) is 0 Å². The zero-order valence-electron chi connectivity index (χ0n) is 8.58. The standard InChI is InChI=1S/C12H9Cl2NO/c1-8-6-9(13)2-4-11(8)16-10-3-5-12(14)15-7-10/h2-7H,1H3. The average Bonchev–Trinajstić information content (AvgIpc) is 2.25. The highest BCUT2D eigenvalue weighted by molar-refractivity contribution is 6.30. The highest BCUT2D eigenvalue weighted by Gasteiger charge is 2.02. The van der Waals surface area contributed by atoms with Crippen LogP contribution >= 0.6 is 23.2 Å². The molecule has 0 aliphatic carbocycles. The molecule has 1 heterocycles. The Balaban J connectivity index is 2.23. The van der Waals surface area contributed by atoms with Crippen LogP contribution in [0.4, 0.5) is 0 Å². The van der Waals surface area contributed by atoms with E-state index in [0.29, 0.717) is 15.9 Å². The van der Waals surface area contributed by atoms with Gasteiger partial charge in [0.2, 0.25) is 0 Å². The molecule has 0 aliphatic heterocycles. The number of pyridine rings is 1. The first-order valence-corrected chi connectivity index (χ1v) is 5.46. The molecule has 0 radical (unpaired) electrons. The first kappa shape index (κ1) is 11.2. The van der Waals surface area contributed by atoms with Gasteiger partial charge in [0, 0.05) is 5.02 Å². The van der Waals surface area contributed by atoms with Crippen LogP contribution in [0.15, 0.2) is 36.5 Å². The van der Waals surface area contributed by atoms with Crippen LogP contribution in [0.25, 0.3) is 0 Å². The molecule has 1 aromatic carbocycles. The number of hydrogen-bond acceptors (Lipinski definition) is 2. The smallest absolute Gasteiger partial charge is 0.145 e. The highest BCUT2D eigenvalue weighted by atomic mass is 35.5. The second kappa shape index (κ2) is 4.73. The Labute approximate surface area is 104 Å². The molecule has 16 heavy (non-hydrogen) atoms. The van der Waals surface area contributed by atoms with E-state index in [9.17, 15) is 0 Å². The Morgan fingerprint density at radius 3 is 2.56 bits per heavy atom. The molecule has 0 amide bonds. The second-order valence-electron chi connectivity index (χ2n) is 3.33. The lowest BCUT2D eigenvalue weighted by Crippen LogP contribution is -1.88. The normalized spacial score (nSPS) is 10.2. The topological polar surface area (TPSA) is 22.1 Å². The molecule has 82 valence electrons. The summed E-state index contributed by atoms with van der Waals surface area (Å²) in [5, 5.41) is 1.14. The molecule has 0 unspecified atom stereocenters. The molecule has 1 aromatic heterocycles. The van der Waals surface area contributed by atoms with Gasteiger partial charge in [0.15, 0.2) is 0 Å². The van der Waals surface area contributed by atoms with Gasteiger partial charge in [0.05, 0.1) is 6.20 Å². The van der Waals surface area contributed by atoms with E-state index in [4.69, 9.17) is 27.9 Å². The van der Waals surface area contributed by atoms with Crippen LogP contribution < -0.4 is 4.74 Å². The molecule has 0 fully saturated rings. The summed E-state index contributed by atoms with van der Waals surface area (Å²) in [6.45, 7) is 1.94. The third-order valence-corrected chi connectivity index (χ3v) is 2.52. The van der Waals surface area contributed by atoms with Crippen molar-refractivity contribution < 1.29 is 4.74 Å². The highest BCUT2D eigenvalue weighted by Crippen LogP contribution is 2.27. The lowest BCUT2D eigenvalue weighted by Gasteiger charge is -2.08. The van der Waals surface area contributed by atoms with E-state index in [1.165, 1.54) is 0 Å². The van der Waals surface area contributed by atoms with Crippen molar-refractivity contribution in [2.24, 2.45) is 0 Å². The molecule has 2 aromatic rings. The number of hydrogen-bond donors (Lipinski definition) is 0. The van der Waals surface area contributed by atoms with Gasteiger partial charge in [-0.2, -0.15) is 0 Å². The molecule has 0 aliphatic rings. The Hall–Kier alpha value is -1.25. The first-order valence-electron chi connectivity index (χ1n) is 4.71. The van der Waals surface area contributed by atoms with E-state index in [2.05, 4.69) is 4.98 Å². The van der Waals surface area contributed by atoms with Gasteiger partial charge < -0.3 is 4.74 Å². The molecular weight excluding hydrogens is 245 g/mol. The molecule has 2 nitrogen and oxygen atoms in total. The summed E-state index contributed by atoms with van der Waals surface area (Å²) in [6, 6.07) is 8.91. The third-order valence-electron chi connectivity index (χ3n) is 2.07. The van der Waals surface area contributed by atoms with Gasteiger partial charge in [0.25, 0.3) is 0 Å². The van der Waals surface area contributed by atoms with E-state index < -0.39 is 0 Å². The van der Waals surface area contributed by atoms with Crippen molar-refractivity contribution in [1.29, 1.82) is 0 Å². The minimum absolute atomic E-state index is 0.445. The number of ether oxygens (including phenoxy) is 1. The fourth-order valence-electron chi connectivity index (χ4n) is 1.28. The number of aromatic nitrogens is 1. The number of nitrogens with zero attached hydrogens (tertiary/aromatic N) is 1. The molecule has 2 rings (SSSR count). The van der Waals surface area contributed by atoms with Crippen molar-refractivity contribution >= 4 is 23.2 Å². The van der Waals surface area contributed by atoms with E-state index >= 15 is 0 Å². The fraction of sp³-hybridized carbons (Fsp3) is 0.0833. The first-order chi connectivity index (χ1) is 7.65. The lowest BCUT2D eigenvalue weighted by atomic mass is 10.2. The van der Waals surface area contributed by atoms with Gasteiger partial charge in [-0.25, -0.2) is 4.98 Å². The molecule has 0 saturated carbocycles. The lowest BCUT2D eigenvalue weighted by molar-refractivity contribution is 0.476. The predicted molar refractivity (Wildman–Crippen MR) is 65.5 cm³/mol. The van der Waals surface area contributed by atoms with Gasteiger partial charge in [-0.1, -0.05) is 23.2 Å². The molecule has 0 atom stereocenters. The van der Waals surface area contributed by atoms with Crippen molar-refractivity contribution in [2.45, 2.75) is 6.92 Å². The van der Waals surface area contributed by atoms with Gasteiger partial charge in [-0.15, -0.1) is 0 Å². The zero-order valence-corrected chi connectivity index (χ0v) is 10.1. The van der Waals surface area contributed by atoms with Crippen molar-refractivity contribution in [2.75, 3.05) is 0 Å². The van der Waals surface area contributed by atoms with Gasteiger partial charge >= 0.3 is 0 Å². The van der Waals surface area contributed by atoms with Crippen LogP contribution in [0.5, 0.6) is 11.5 Å². The summed E-state index contributed by atoms with van der Waals surface area (Å²) in [7, 11) is 0. The summed E-state index contributed by atoms with van der Waals surface area (Å²) < 4.78 is 5.64. The SMILES string of the molecule is Cc1cc(Cl)ccc1Oc1ccc(Cl)nc1. The van der Waals surface area contributed by atoms with Crippen molar-refractivity contribution in [3.05, 3.63) is 52.3 Å². The summed E-state index contributed by atoms with van der Waals surface area (Å²) in [4.78, 5) is 3.94. The van der Waals surface area contributed by atoms with Crippen LogP contribution in [0.3, 0.4) is 0 Å². The maximum atomic E-state index is 5.86. The third kappa shape index (κ3) is 2.65. The number of benzene rings is 1. The predicted octanol–water partition coefficient (Wildman–Crippen LogP) is 4.49. The maximum Gasteiger partial charge on any atom is 0.145 e. The summed E-state index contributed by atoms with van der Waals surface area (Å²) >= 11 is 11.5. The van der Waals surface area contributed by atoms with Crippen molar-refractivity contribution in [3.8, 4) is 11.5 Å². The van der Waals surface area contributed by atoms with Gasteiger partial charge in [-0.3, -0.25) is 0 Å². The van der Waals surface area contributed by atoms with Crippen LogP contribution in [-0.4, -0.2) is 4.98 Å². The van der Waals surface area contributed by atoms with E-state index in [1.54, 1.807) is 24.4 Å². The van der Waals surface area contributed by atoms with Gasteiger partial charge in [0.1, 0.15) is 16.7 Å². The number of aryl methyl sites for hydroxylation is 1. The van der Waals surface area contributed by atoms with E-state index in [1.807, 2.05) is 19.1 Å². The van der Waals surface area contributed by atoms with Gasteiger partial charge in [-0.05, 0) is 42.8 Å². The second-order valence-corrected chi connectivity index (χ2v) is 4.15. The molecule has 0 bridgehead atoms. The molecule has 4 heteroatoms. The van der Waals surface area contributed by atoms with Crippen LogP contribution in [-0.2, 0) is 0 Å². The quantitative estimate of drug-likeness (QED) is 0.736. The van der Waals surface area contributed by atoms with Crippen LogP contribution in [0.2, 0.25) is 10.2 Å². The summed E-state index contributed by atoms with van der Waals surface area (Å²) in [5.41, 5.74) is 0.974. The summed E-state index contributed by atoms with van der Waals surface area (Å²) in [6.07, 6.45) is 1.58. The Morgan fingerprint density at radius 2 is 1.94 bits per heavy atom. The maximum absolute atomic E-state index is 5.86. The van der Waals surface area contributed by atoms with Crippen molar-refractivity contribution in [3.63, 3.8) is 0 Å². The zero-order chi connectivity index (χ0) is 11.5. The average molecular weight is 254 g/mol. The number of rotatable bonds is 2. The molecule has 0 N–H and O–H groups in total. The largest absolute Gasteiger partial charge is 0.455 e. The van der Waals surface area contributed by atoms with Crippen LogP contribution in [0, 0.1) is 6.92 Å². The van der Waals surface area contributed by atoms with Crippen LogP contribution in [0.1, 0.15) is 5.56 Å². The minimum Gasteiger partial charge on any atom is -0.455 e. The van der Waals surface area contributed by atoms with E-state index in [0.717, 1.165) is 11.3 Å². The minimum atomic E-state index is 0.445. The summed E-state index contributed by atoms with van der Waals surface area (Å²) in [5.74, 6) is 1.41. The molecule has 0 spiro atoms. The Bertz CT molecular complexity index is 497. The Kier molecular flexibility index (Phi) is 3.32. The molecule has 0 saturated heterocycles. The number of halogens is 2. The monoisotopic (exact) mass is 253 g/mol. The molecular formula is C12H9Cl2NO. The fourth-order valence-corrected chi connectivity index (χ4v) is 1.62.